The molecule has 0 heterocycles. The van der Waals surface area contributed by atoms with Gasteiger partial charge in [0.05, 0.1) is 11.3 Å². The fourth-order valence-corrected chi connectivity index (χ4v) is 4.21. The number of carboxylic acids is 1. The second kappa shape index (κ2) is 14.0. The Labute approximate surface area is 245 Å². The fourth-order valence-electron chi connectivity index (χ4n) is 3.38. The zero-order chi connectivity index (χ0) is 30.2. The van der Waals surface area contributed by atoms with Crippen molar-refractivity contribution in [1.29, 1.82) is 0 Å². The highest BCUT2D eigenvalue weighted by atomic mass is 35.5. The number of ether oxygens (including phenoxy) is 2. The van der Waals surface area contributed by atoms with Gasteiger partial charge < -0.3 is 19.9 Å². The highest BCUT2D eigenvalue weighted by Crippen LogP contribution is 2.22. The SMILES string of the molecule is CC(C)(C)OC(=O)Nc1ccc(C(=O)Oc2ccc(CC(NC(=O)CSc3ccc(Cl)cc3)C(=O)O)cc2F)cc1. The number of thioether (sulfide) groups is 1. The Hall–Kier alpha value is -4.09. The number of anilines is 1. The van der Waals surface area contributed by atoms with Gasteiger partial charge in [-0.1, -0.05) is 17.7 Å². The average Bonchev–Trinajstić information content (AvgIpc) is 2.88. The Balaban J connectivity index is 1.56. The smallest absolute Gasteiger partial charge is 0.412 e. The first-order valence-electron chi connectivity index (χ1n) is 12.3. The van der Waals surface area contributed by atoms with E-state index in [1.807, 2.05) is 0 Å². The molecule has 2 amide bonds. The molecular formula is C29H28ClFN2O7S. The molecule has 0 aliphatic heterocycles. The minimum atomic E-state index is -1.30. The molecule has 0 aliphatic carbocycles. The van der Waals surface area contributed by atoms with Crippen LogP contribution in [0.2, 0.25) is 5.02 Å². The predicted octanol–water partition coefficient (Wildman–Crippen LogP) is 5.95. The molecule has 0 saturated heterocycles. The molecule has 0 bridgehead atoms. The van der Waals surface area contributed by atoms with Crippen molar-refractivity contribution >= 4 is 53.0 Å². The Kier molecular flexibility index (Phi) is 10.7. The van der Waals surface area contributed by atoms with Crippen molar-refractivity contribution in [2.45, 2.75) is 43.7 Å². The molecule has 0 spiro atoms. The Morgan fingerprint density at radius 3 is 2.24 bits per heavy atom. The monoisotopic (exact) mass is 602 g/mol. The molecular weight excluding hydrogens is 575 g/mol. The predicted molar refractivity (Wildman–Crippen MR) is 153 cm³/mol. The van der Waals surface area contributed by atoms with Crippen LogP contribution in [0.15, 0.2) is 71.6 Å². The summed E-state index contributed by atoms with van der Waals surface area (Å²) >= 11 is 7.06. The van der Waals surface area contributed by atoms with E-state index >= 15 is 0 Å². The van der Waals surface area contributed by atoms with Crippen LogP contribution >= 0.6 is 23.4 Å². The van der Waals surface area contributed by atoms with Gasteiger partial charge in [0.2, 0.25) is 5.91 Å². The van der Waals surface area contributed by atoms with Gasteiger partial charge in [0.15, 0.2) is 11.6 Å². The summed E-state index contributed by atoms with van der Waals surface area (Å²) in [4.78, 5) is 49.2. The van der Waals surface area contributed by atoms with E-state index in [1.165, 1.54) is 48.2 Å². The van der Waals surface area contributed by atoms with Gasteiger partial charge >= 0.3 is 18.0 Å². The number of carbonyl (C=O) groups excluding carboxylic acids is 3. The number of nitrogens with one attached hydrogen (secondary N) is 2. The maximum Gasteiger partial charge on any atom is 0.412 e. The highest BCUT2D eigenvalue weighted by molar-refractivity contribution is 8.00. The molecule has 3 aromatic rings. The van der Waals surface area contributed by atoms with Crippen LogP contribution in [0.5, 0.6) is 5.75 Å². The fraction of sp³-hybridized carbons (Fsp3) is 0.241. The van der Waals surface area contributed by atoms with Crippen molar-refractivity contribution in [1.82, 2.24) is 5.32 Å². The molecule has 12 heteroatoms. The molecule has 1 unspecified atom stereocenters. The van der Waals surface area contributed by atoms with Crippen molar-refractivity contribution in [3.63, 3.8) is 0 Å². The van der Waals surface area contributed by atoms with Crippen LogP contribution < -0.4 is 15.4 Å². The number of benzene rings is 3. The molecule has 0 saturated carbocycles. The van der Waals surface area contributed by atoms with E-state index in [0.717, 1.165) is 11.0 Å². The van der Waals surface area contributed by atoms with Gasteiger partial charge in [0.1, 0.15) is 11.6 Å². The molecule has 3 N–H and O–H groups in total. The van der Waals surface area contributed by atoms with Gasteiger partial charge in [-0.2, -0.15) is 0 Å². The van der Waals surface area contributed by atoms with E-state index in [-0.39, 0.29) is 29.1 Å². The molecule has 0 aromatic heterocycles. The number of halogens is 2. The van der Waals surface area contributed by atoms with E-state index < -0.39 is 41.4 Å². The molecule has 41 heavy (non-hydrogen) atoms. The molecule has 9 nitrogen and oxygen atoms in total. The third-order valence-corrected chi connectivity index (χ3v) is 6.49. The van der Waals surface area contributed by atoms with Crippen LogP contribution in [0, 0.1) is 5.82 Å². The normalized spacial score (nSPS) is 11.7. The standard InChI is InChI=1S/C29H28ClFN2O7S/c1-29(2,3)40-28(38)32-20-9-5-18(6-10-20)27(37)39-24-13-4-17(14-22(24)31)15-23(26(35)36)33-25(34)16-41-21-11-7-19(30)8-12-21/h4-14,23H,15-16H2,1-3H3,(H,32,38)(H,33,34)(H,35,36). The van der Waals surface area contributed by atoms with Crippen LogP contribution in [0.4, 0.5) is 14.9 Å². The molecule has 3 rings (SSSR count). The maximum atomic E-state index is 14.7. The summed E-state index contributed by atoms with van der Waals surface area (Å²) in [6, 6.07) is 14.9. The third kappa shape index (κ3) is 10.4. The first-order valence-corrected chi connectivity index (χ1v) is 13.7. The molecule has 0 radical (unpaired) electrons. The van der Waals surface area contributed by atoms with Crippen molar-refractivity contribution in [2.24, 2.45) is 0 Å². The van der Waals surface area contributed by atoms with Gasteiger partial charge in [-0.05, 0) is 87.0 Å². The molecule has 1 atom stereocenters. The van der Waals surface area contributed by atoms with Crippen molar-refractivity contribution in [3.8, 4) is 5.75 Å². The Morgan fingerprint density at radius 1 is 1.00 bits per heavy atom. The lowest BCUT2D eigenvalue weighted by Crippen LogP contribution is -2.43. The number of carboxylic acid groups (broad SMARTS) is 1. The number of aliphatic carboxylic acids is 1. The van der Waals surface area contributed by atoms with Gasteiger partial charge in [0.25, 0.3) is 0 Å². The van der Waals surface area contributed by atoms with E-state index in [1.54, 1.807) is 45.0 Å². The Morgan fingerprint density at radius 2 is 1.66 bits per heavy atom. The second-order valence-electron chi connectivity index (χ2n) is 9.76. The molecule has 3 aromatic carbocycles. The summed E-state index contributed by atoms with van der Waals surface area (Å²) in [6.07, 6.45) is -0.847. The summed E-state index contributed by atoms with van der Waals surface area (Å²) in [7, 11) is 0. The quantitative estimate of drug-likeness (QED) is 0.147. The minimum Gasteiger partial charge on any atom is -0.480 e. The van der Waals surface area contributed by atoms with Crippen LogP contribution in [0.25, 0.3) is 0 Å². The number of carbonyl (C=O) groups is 4. The van der Waals surface area contributed by atoms with Crippen molar-refractivity contribution in [2.75, 3.05) is 11.1 Å². The number of amides is 2. The highest BCUT2D eigenvalue weighted by Gasteiger charge is 2.22. The summed E-state index contributed by atoms with van der Waals surface area (Å²) < 4.78 is 25.0. The summed E-state index contributed by atoms with van der Waals surface area (Å²) in [5.41, 5.74) is 0.0920. The van der Waals surface area contributed by atoms with Crippen LogP contribution in [0.1, 0.15) is 36.7 Å². The largest absolute Gasteiger partial charge is 0.480 e. The van der Waals surface area contributed by atoms with Gasteiger partial charge in [-0.3, -0.25) is 10.1 Å². The molecule has 216 valence electrons. The summed E-state index contributed by atoms with van der Waals surface area (Å²) in [5.74, 6) is -3.88. The average molecular weight is 603 g/mol. The zero-order valence-electron chi connectivity index (χ0n) is 22.4. The van der Waals surface area contributed by atoms with Gasteiger partial charge in [-0.25, -0.2) is 18.8 Å². The third-order valence-electron chi connectivity index (χ3n) is 5.22. The summed E-state index contributed by atoms with van der Waals surface area (Å²) in [6.45, 7) is 5.18. The second-order valence-corrected chi connectivity index (χ2v) is 11.2. The van der Waals surface area contributed by atoms with E-state index in [9.17, 15) is 28.7 Å². The van der Waals surface area contributed by atoms with Gasteiger partial charge in [0, 0.05) is 22.0 Å². The van der Waals surface area contributed by atoms with E-state index in [0.29, 0.717) is 10.7 Å². The number of hydrogen-bond acceptors (Lipinski definition) is 7. The minimum absolute atomic E-state index is 0.0211. The lowest BCUT2D eigenvalue weighted by atomic mass is 10.1. The summed E-state index contributed by atoms with van der Waals surface area (Å²) in [5, 5.41) is 15.1. The van der Waals surface area contributed by atoms with E-state index in [2.05, 4.69) is 10.6 Å². The lowest BCUT2D eigenvalue weighted by molar-refractivity contribution is -0.141. The lowest BCUT2D eigenvalue weighted by Gasteiger charge is -2.19. The number of esters is 1. The first kappa shape index (κ1) is 31.4. The van der Waals surface area contributed by atoms with E-state index in [4.69, 9.17) is 21.1 Å². The number of hydrogen-bond donors (Lipinski definition) is 3. The van der Waals surface area contributed by atoms with Crippen LogP contribution in [0.3, 0.4) is 0 Å². The zero-order valence-corrected chi connectivity index (χ0v) is 24.0. The van der Waals surface area contributed by atoms with Crippen LogP contribution in [-0.4, -0.2) is 46.4 Å². The topological polar surface area (TPSA) is 131 Å². The van der Waals surface area contributed by atoms with Crippen molar-refractivity contribution < 1.29 is 38.1 Å². The van der Waals surface area contributed by atoms with Crippen LogP contribution in [-0.2, 0) is 20.7 Å². The van der Waals surface area contributed by atoms with Crippen molar-refractivity contribution in [3.05, 3.63) is 88.7 Å². The Bertz CT molecular complexity index is 1410. The number of rotatable bonds is 10. The van der Waals surface area contributed by atoms with Gasteiger partial charge in [-0.15, -0.1) is 11.8 Å². The maximum absolute atomic E-state index is 14.7. The molecule has 0 aliphatic rings. The first-order chi connectivity index (χ1) is 19.3. The molecule has 0 fully saturated rings.